The van der Waals surface area contributed by atoms with E-state index in [1.165, 1.54) is 30.7 Å². The molecule has 0 aliphatic heterocycles. The molecule has 5 heteroatoms. The lowest BCUT2D eigenvalue weighted by atomic mass is 10.3. The van der Waals surface area contributed by atoms with E-state index in [0.29, 0.717) is 0 Å². The van der Waals surface area contributed by atoms with Crippen molar-refractivity contribution in [3.8, 4) is 0 Å². The minimum Gasteiger partial charge on any atom is -1.00 e. The van der Waals surface area contributed by atoms with Crippen molar-refractivity contribution in [2.75, 3.05) is 66.6 Å². The van der Waals surface area contributed by atoms with Gasteiger partial charge in [-0.15, -0.1) is 0 Å². The Morgan fingerprint density at radius 1 is 0.684 bits per heavy atom. The smallest absolute Gasteiger partial charge is 0.102 e. The van der Waals surface area contributed by atoms with Gasteiger partial charge in [-0.05, 0) is 27.7 Å². The van der Waals surface area contributed by atoms with Crippen molar-refractivity contribution < 1.29 is 61.7 Å². The first-order chi connectivity index (χ1) is 7.95. The summed E-state index contributed by atoms with van der Waals surface area (Å²) < 4.78 is 8.04. The predicted octanol–water partition coefficient (Wildman–Crippen LogP) is -4.02. The first kappa shape index (κ1) is 25.3. The Morgan fingerprint density at radius 2 is 1.11 bits per heavy atom. The van der Waals surface area contributed by atoms with Gasteiger partial charge in [0, 0.05) is 0 Å². The third kappa shape index (κ3) is 10.7. The Labute approximate surface area is 155 Å². The second kappa shape index (κ2) is 13.0. The third-order valence-electron chi connectivity index (χ3n) is 4.42. The summed E-state index contributed by atoms with van der Waals surface area (Å²) in [5, 5.41) is 0. The summed E-state index contributed by atoms with van der Waals surface area (Å²) in [6, 6.07) is 0. The van der Waals surface area contributed by atoms with Gasteiger partial charge in [0.15, 0.2) is 0 Å². The molecule has 0 unspecified atom stereocenters. The van der Waals surface area contributed by atoms with Crippen molar-refractivity contribution >= 4 is 0 Å². The number of likely N-dealkylation sites (N-methyl/N-ethyl adjacent to an activating group) is 2. The van der Waals surface area contributed by atoms with Crippen LogP contribution in [0.1, 0.15) is 27.7 Å². The van der Waals surface area contributed by atoms with Crippen molar-refractivity contribution in [2.45, 2.75) is 27.7 Å². The fourth-order valence-corrected chi connectivity index (χ4v) is 1.98. The van der Waals surface area contributed by atoms with Crippen molar-refractivity contribution in [3.63, 3.8) is 0 Å². The zero-order valence-corrected chi connectivity index (χ0v) is 18.0. The van der Waals surface area contributed by atoms with Crippen LogP contribution in [0.15, 0.2) is 0 Å². The average molecular weight is 500 g/mol. The minimum absolute atomic E-state index is 0. The summed E-state index contributed by atoms with van der Waals surface area (Å²) in [6.45, 7) is 17.9. The standard InChI is InChI=1S/C14H34N2O.2HI/c1-7-15(5,6)11-13-17-14-12-16(8-2,9-3)10-4;;/h7-14H2,1-6H3;2*1H/q+2;;/p-2. The molecule has 0 spiro atoms. The summed E-state index contributed by atoms with van der Waals surface area (Å²) in [7, 11) is 4.52. The van der Waals surface area contributed by atoms with Crippen LogP contribution in [0.3, 0.4) is 0 Å². The van der Waals surface area contributed by atoms with E-state index in [4.69, 9.17) is 4.74 Å². The van der Waals surface area contributed by atoms with Gasteiger partial charge in [-0.2, -0.15) is 0 Å². The number of rotatable bonds is 10. The lowest BCUT2D eigenvalue weighted by Crippen LogP contribution is -3.00. The van der Waals surface area contributed by atoms with Crippen molar-refractivity contribution in [1.29, 1.82) is 0 Å². The van der Waals surface area contributed by atoms with Crippen LogP contribution >= 0.6 is 0 Å². The lowest BCUT2D eigenvalue weighted by molar-refractivity contribution is -0.923. The highest BCUT2D eigenvalue weighted by atomic mass is 127. The summed E-state index contributed by atoms with van der Waals surface area (Å²) in [4.78, 5) is 0. The van der Waals surface area contributed by atoms with Crippen LogP contribution in [-0.4, -0.2) is 75.5 Å². The normalized spacial score (nSPS) is 11.7. The number of quaternary nitrogens is 2. The van der Waals surface area contributed by atoms with Gasteiger partial charge < -0.3 is 61.7 Å². The first-order valence-electron chi connectivity index (χ1n) is 7.20. The summed E-state index contributed by atoms with van der Waals surface area (Å²) in [6.07, 6.45) is 0. The van der Waals surface area contributed by atoms with E-state index in [9.17, 15) is 0 Å². The van der Waals surface area contributed by atoms with Gasteiger partial charge in [0.1, 0.15) is 13.1 Å². The van der Waals surface area contributed by atoms with Gasteiger partial charge in [-0.25, -0.2) is 0 Å². The molecule has 0 heterocycles. The van der Waals surface area contributed by atoms with Crippen molar-refractivity contribution in [1.82, 2.24) is 0 Å². The Hall–Kier alpha value is 1.34. The fourth-order valence-electron chi connectivity index (χ4n) is 1.98. The van der Waals surface area contributed by atoms with Crippen LogP contribution in [0, 0.1) is 0 Å². The largest absolute Gasteiger partial charge is 1.00 e. The highest BCUT2D eigenvalue weighted by molar-refractivity contribution is 4.39. The van der Waals surface area contributed by atoms with Crippen molar-refractivity contribution in [2.24, 2.45) is 0 Å². The number of ether oxygens (including phenoxy) is 1. The first-order valence-corrected chi connectivity index (χ1v) is 7.20. The van der Waals surface area contributed by atoms with Crippen LogP contribution in [0.4, 0.5) is 0 Å². The van der Waals surface area contributed by atoms with E-state index in [-0.39, 0.29) is 48.0 Å². The van der Waals surface area contributed by atoms with E-state index < -0.39 is 0 Å². The zero-order chi connectivity index (χ0) is 13.4. The van der Waals surface area contributed by atoms with Gasteiger partial charge in [0.05, 0.1) is 53.5 Å². The maximum absolute atomic E-state index is 5.80. The van der Waals surface area contributed by atoms with Crippen LogP contribution in [0.5, 0.6) is 0 Å². The fraction of sp³-hybridized carbons (Fsp3) is 1.00. The Bertz CT molecular complexity index is 190. The minimum atomic E-state index is 0. The molecule has 0 atom stereocenters. The molecule has 0 N–H and O–H groups in total. The number of hydrogen-bond acceptors (Lipinski definition) is 1. The maximum Gasteiger partial charge on any atom is 0.102 e. The Balaban J connectivity index is -0.00000128. The summed E-state index contributed by atoms with van der Waals surface area (Å²) in [5.74, 6) is 0. The van der Waals surface area contributed by atoms with Crippen LogP contribution < -0.4 is 48.0 Å². The van der Waals surface area contributed by atoms with Gasteiger partial charge in [-0.1, -0.05) is 0 Å². The zero-order valence-electron chi connectivity index (χ0n) is 13.7. The Morgan fingerprint density at radius 3 is 1.47 bits per heavy atom. The molecule has 0 aromatic rings. The van der Waals surface area contributed by atoms with E-state index in [0.717, 1.165) is 30.8 Å². The molecule has 0 radical (unpaired) electrons. The van der Waals surface area contributed by atoms with Gasteiger partial charge >= 0.3 is 0 Å². The topological polar surface area (TPSA) is 9.23 Å². The molecule has 0 aliphatic carbocycles. The van der Waals surface area contributed by atoms with Gasteiger partial charge in [0.2, 0.25) is 0 Å². The molecule has 3 nitrogen and oxygen atoms in total. The summed E-state index contributed by atoms with van der Waals surface area (Å²) in [5.41, 5.74) is 0. The lowest BCUT2D eigenvalue weighted by Gasteiger charge is -2.35. The monoisotopic (exact) mass is 500 g/mol. The molecular weight excluding hydrogens is 466 g/mol. The second-order valence-corrected chi connectivity index (χ2v) is 5.60. The quantitative estimate of drug-likeness (QED) is 0.169. The molecule has 0 aromatic heterocycles. The molecule has 0 aliphatic rings. The van der Waals surface area contributed by atoms with E-state index in [1.807, 2.05) is 0 Å². The number of halogens is 2. The molecule has 0 bridgehead atoms. The van der Waals surface area contributed by atoms with Crippen molar-refractivity contribution in [3.05, 3.63) is 0 Å². The molecular formula is C14H34I2N2O. The van der Waals surface area contributed by atoms with Crippen LogP contribution in [0.2, 0.25) is 0 Å². The van der Waals surface area contributed by atoms with Crippen LogP contribution in [-0.2, 0) is 4.74 Å². The maximum atomic E-state index is 5.80. The molecule has 0 fully saturated rings. The number of hydrogen-bond donors (Lipinski definition) is 0. The molecule has 19 heavy (non-hydrogen) atoms. The predicted molar refractivity (Wildman–Crippen MR) is 75.1 cm³/mol. The molecule has 0 saturated heterocycles. The van der Waals surface area contributed by atoms with E-state index in [1.54, 1.807) is 0 Å². The van der Waals surface area contributed by atoms with E-state index in [2.05, 4.69) is 41.8 Å². The highest BCUT2D eigenvalue weighted by Gasteiger charge is 2.20. The molecule has 120 valence electrons. The number of nitrogens with zero attached hydrogens (tertiary/aromatic N) is 2. The van der Waals surface area contributed by atoms with Gasteiger partial charge in [-0.3, -0.25) is 0 Å². The molecule has 0 rings (SSSR count). The molecule has 0 aromatic carbocycles. The van der Waals surface area contributed by atoms with Gasteiger partial charge in [0.25, 0.3) is 0 Å². The SMILES string of the molecule is CC[N+](C)(C)CCOCC[N+](CC)(CC)CC.[I-].[I-]. The average Bonchev–Trinajstić information content (AvgIpc) is 2.34. The van der Waals surface area contributed by atoms with Crippen LogP contribution in [0.25, 0.3) is 0 Å². The second-order valence-electron chi connectivity index (χ2n) is 5.60. The molecule has 0 amide bonds. The third-order valence-corrected chi connectivity index (χ3v) is 4.42. The Kier molecular flexibility index (Phi) is 17.4. The molecule has 0 saturated carbocycles. The summed E-state index contributed by atoms with van der Waals surface area (Å²) >= 11 is 0. The highest BCUT2D eigenvalue weighted by Crippen LogP contribution is 2.05. The van der Waals surface area contributed by atoms with E-state index >= 15 is 0 Å².